The maximum absolute atomic E-state index is 12.3. The predicted octanol–water partition coefficient (Wildman–Crippen LogP) is 5.02. The van der Waals surface area contributed by atoms with E-state index in [1.807, 2.05) is 0 Å². The van der Waals surface area contributed by atoms with E-state index in [0.29, 0.717) is 23.0 Å². The van der Waals surface area contributed by atoms with Crippen molar-refractivity contribution < 1.29 is 4.79 Å². The molecule has 2 nitrogen and oxygen atoms in total. The maximum atomic E-state index is 12.3. The van der Waals surface area contributed by atoms with E-state index in [1.54, 1.807) is 18.2 Å². The van der Waals surface area contributed by atoms with Crippen molar-refractivity contribution in [3.63, 3.8) is 0 Å². The van der Waals surface area contributed by atoms with E-state index in [4.69, 9.17) is 23.2 Å². The van der Waals surface area contributed by atoms with E-state index in [-0.39, 0.29) is 11.3 Å². The summed E-state index contributed by atoms with van der Waals surface area (Å²) in [5.41, 5.74) is 0.624. The summed E-state index contributed by atoms with van der Waals surface area (Å²) in [6.07, 6.45) is 5.85. The van der Waals surface area contributed by atoms with Crippen molar-refractivity contribution in [3.8, 4) is 0 Å². The third-order valence-electron chi connectivity index (χ3n) is 3.99. The molecular formula is C15H18BrCl2NO. The van der Waals surface area contributed by atoms with Crippen LogP contribution in [-0.4, -0.2) is 18.3 Å². The van der Waals surface area contributed by atoms with E-state index in [9.17, 15) is 4.79 Å². The molecule has 0 aromatic heterocycles. The Labute approximate surface area is 138 Å². The lowest BCUT2D eigenvalue weighted by Crippen LogP contribution is -2.40. The number of halogens is 3. The fraction of sp³-hybridized carbons (Fsp3) is 0.533. The highest BCUT2D eigenvalue weighted by molar-refractivity contribution is 9.10. The van der Waals surface area contributed by atoms with Crippen LogP contribution in [0.2, 0.25) is 5.02 Å². The molecule has 0 radical (unpaired) electrons. The Hall–Kier alpha value is -0.250. The summed E-state index contributed by atoms with van der Waals surface area (Å²) >= 11 is 15.5. The van der Waals surface area contributed by atoms with Gasteiger partial charge in [0.1, 0.15) is 0 Å². The van der Waals surface area contributed by atoms with Crippen LogP contribution in [0.1, 0.15) is 42.5 Å². The molecule has 5 heteroatoms. The van der Waals surface area contributed by atoms with Crippen molar-refractivity contribution in [2.24, 2.45) is 5.41 Å². The maximum Gasteiger partial charge on any atom is 0.252 e. The third-order valence-corrected chi connectivity index (χ3v) is 5.49. The van der Waals surface area contributed by atoms with Gasteiger partial charge in [0.25, 0.3) is 5.91 Å². The van der Waals surface area contributed by atoms with Gasteiger partial charge in [0, 0.05) is 27.3 Å². The average Bonchev–Trinajstić information content (AvgIpc) is 2.48. The molecule has 20 heavy (non-hydrogen) atoms. The average molecular weight is 379 g/mol. The minimum Gasteiger partial charge on any atom is -0.351 e. The predicted molar refractivity (Wildman–Crippen MR) is 87.7 cm³/mol. The van der Waals surface area contributed by atoms with Gasteiger partial charge in [0.05, 0.1) is 5.56 Å². The largest absolute Gasteiger partial charge is 0.351 e. The van der Waals surface area contributed by atoms with Gasteiger partial charge in [0.2, 0.25) is 0 Å². The molecule has 2 rings (SSSR count). The van der Waals surface area contributed by atoms with Gasteiger partial charge >= 0.3 is 0 Å². The number of carbonyl (C=O) groups excluding carboxylic acids is 1. The van der Waals surface area contributed by atoms with E-state index in [0.717, 1.165) is 17.3 Å². The second kappa shape index (κ2) is 7.15. The summed E-state index contributed by atoms with van der Waals surface area (Å²) in [6, 6.07) is 5.22. The zero-order valence-corrected chi connectivity index (χ0v) is 14.3. The Kier molecular flexibility index (Phi) is 5.76. The number of hydrogen-bond donors (Lipinski definition) is 1. The molecule has 0 saturated heterocycles. The first-order chi connectivity index (χ1) is 9.56. The molecule has 0 aliphatic heterocycles. The fourth-order valence-electron chi connectivity index (χ4n) is 2.69. The van der Waals surface area contributed by atoms with Crippen LogP contribution in [0.5, 0.6) is 0 Å². The summed E-state index contributed by atoms with van der Waals surface area (Å²) in [5.74, 6) is 0.499. The molecule has 1 aromatic carbocycles. The Morgan fingerprint density at radius 2 is 2.00 bits per heavy atom. The second-order valence-electron chi connectivity index (χ2n) is 5.50. The van der Waals surface area contributed by atoms with Crippen LogP contribution in [0.25, 0.3) is 0 Å². The standard InChI is InChI=1S/C15H18BrCl2NO/c16-13-5-4-11(18)8-12(13)14(20)19-10-15(9-17)6-2-1-3-7-15/h4-5,8H,1-3,6-7,9-10H2,(H,19,20). The molecule has 1 aromatic rings. The lowest BCUT2D eigenvalue weighted by molar-refractivity contribution is 0.0920. The van der Waals surface area contributed by atoms with Crippen molar-refractivity contribution in [1.29, 1.82) is 0 Å². The molecule has 0 atom stereocenters. The second-order valence-corrected chi connectivity index (χ2v) is 7.06. The van der Waals surface area contributed by atoms with Gasteiger partial charge in [0.15, 0.2) is 0 Å². The molecule has 110 valence electrons. The van der Waals surface area contributed by atoms with Crippen LogP contribution in [0.3, 0.4) is 0 Å². The van der Waals surface area contributed by atoms with Crippen molar-refractivity contribution in [1.82, 2.24) is 5.32 Å². The van der Waals surface area contributed by atoms with Crippen LogP contribution in [0.4, 0.5) is 0 Å². The zero-order chi connectivity index (χ0) is 14.6. The fourth-order valence-corrected chi connectivity index (χ4v) is 3.65. The molecule has 0 unspecified atom stereocenters. The van der Waals surface area contributed by atoms with Crippen LogP contribution >= 0.6 is 39.1 Å². The normalized spacial score (nSPS) is 17.8. The molecule has 0 bridgehead atoms. The Bertz CT molecular complexity index is 487. The smallest absolute Gasteiger partial charge is 0.252 e. The summed E-state index contributed by atoms with van der Waals surface area (Å²) in [7, 11) is 0. The lowest BCUT2D eigenvalue weighted by atomic mass is 9.75. The summed E-state index contributed by atoms with van der Waals surface area (Å²) in [6.45, 7) is 0.633. The molecule has 0 spiro atoms. The van der Waals surface area contributed by atoms with Crippen molar-refractivity contribution in [2.45, 2.75) is 32.1 Å². The zero-order valence-electron chi connectivity index (χ0n) is 11.2. The molecule has 0 heterocycles. The van der Waals surface area contributed by atoms with E-state index < -0.39 is 0 Å². The topological polar surface area (TPSA) is 29.1 Å². The SMILES string of the molecule is O=C(NCC1(CCl)CCCCC1)c1cc(Cl)ccc1Br. The van der Waals surface area contributed by atoms with Gasteiger partial charge in [-0.1, -0.05) is 30.9 Å². The van der Waals surface area contributed by atoms with Crippen molar-refractivity contribution >= 4 is 45.0 Å². The summed E-state index contributed by atoms with van der Waals surface area (Å²) < 4.78 is 0.753. The van der Waals surface area contributed by atoms with Gasteiger partial charge in [-0.05, 0) is 47.0 Å². The molecule has 1 fully saturated rings. The highest BCUT2D eigenvalue weighted by Crippen LogP contribution is 2.36. The minimum atomic E-state index is -0.102. The Morgan fingerprint density at radius 3 is 2.65 bits per heavy atom. The molecule has 1 amide bonds. The van der Waals surface area contributed by atoms with Crippen LogP contribution in [0.15, 0.2) is 22.7 Å². The monoisotopic (exact) mass is 377 g/mol. The number of alkyl halides is 1. The number of carbonyl (C=O) groups is 1. The quantitative estimate of drug-likeness (QED) is 0.732. The van der Waals surface area contributed by atoms with Crippen LogP contribution < -0.4 is 5.32 Å². The molecule has 1 N–H and O–H groups in total. The Morgan fingerprint density at radius 1 is 1.30 bits per heavy atom. The number of benzene rings is 1. The van der Waals surface area contributed by atoms with Gasteiger partial charge in [-0.2, -0.15) is 0 Å². The molecule has 1 saturated carbocycles. The number of hydrogen-bond acceptors (Lipinski definition) is 1. The van der Waals surface area contributed by atoms with E-state index in [2.05, 4.69) is 21.2 Å². The molecule has 1 aliphatic rings. The van der Waals surface area contributed by atoms with Crippen molar-refractivity contribution in [2.75, 3.05) is 12.4 Å². The number of rotatable bonds is 4. The molecule has 1 aliphatic carbocycles. The van der Waals surface area contributed by atoms with Gasteiger partial charge in [-0.15, -0.1) is 11.6 Å². The van der Waals surface area contributed by atoms with Gasteiger partial charge in [-0.25, -0.2) is 0 Å². The first-order valence-electron chi connectivity index (χ1n) is 6.86. The highest BCUT2D eigenvalue weighted by Gasteiger charge is 2.31. The van der Waals surface area contributed by atoms with Crippen molar-refractivity contribution in [3.05, 3.63) is 33.3 Å². The number of amides is 1. The number of nitrogens with one attached hydrogen (secondary N) is 1. The lowest BCUT2D eigenvalue weighted by Gasteiger charge is -2.35. The third kappa shape index (κ3) is 3.90. The van der Waals surface area contributed by atoms with E-state index in [1.165, 1.54) is 19.3 Å². The first-order valence-corrected chi connectivity index (χ1v) is 8.56. The summed E-state index contributed by atoms with van der Waals surface area (Å²) in [5, 5.41) is 3.57. The summed E-state index contributed by atoms with van der Waals surface area (Å²) in [4.78, 5) is 12.3. The van der Waals surface area contributed by atoms with Crippen LogP contribution in [0, 0.1) is 5.41 Å². The van der Waals surface area contributed by atoms with Gasteiger partial charge < -0.3 is 5.32 Å². The van der Waals surface area contributed by atoms with E-state index >= 15 is 0 Å². The van der Waals surface area contributed by atoms with Crippen LogP contribution in [-0.2, 0) is 0 Å². The highest BCUT2D eigenvalue weighted by atomic mass is 79.9. The minimum absolute atomic E-state index is 0.0561. The van der Waals surface area contributed by atoms with Gasteiger partial charge in [-0.3, -0.25) is 4.79 Å². The Balaban J connectivity index is 2.02. The molecular weight excluding hydrogens is 361 g/mol. The first kappa shape index (κ1) is 16.1.